The summed E-state index contributed by atoms with van der Waals surface area (Å²) in [6, 6.07) is 2.01. The van der Waals surface area contributed by atoms with Gasteiger partial charge >= 0.3 is 0 Å². The van der Waals surface area contributed by atoms with E-state index in [1.165, 1.54) is 0 Å². The highest BCUT2D eigenvalue weighted by Gasteiger charge is 2.24. The molecule has 0 aliphatic carbocycles. The standard InChI is InChI=1S/C14H20N2O2S.ClH/c1-9-7-12(10(2)19-9)13(17)3-4-14(18)16-6-5-11(15)8-16;/h7,11H,3-6,8,15H2,1-2H3;1H/t11-;/m1./s1. The molecule has 1 aromatic rings. The molecule has 1 fully saturated rings. The van der Waals surface area contributed by atoms with E-state index in [2.05, 4.69) is 0 Å². The van der Waals surface area contributed by atoms with Crippen molar-refractivity contribution in [3.8, 4) is 0 Å². The lowest BCUT2D eigenvalue weighted by atomic mass is 10.1. The fraction of sp³-hybridized carbons (Fsp3) is 0.571. The molecule has 0 radical (unpaired) electrons. The molecule has 0 spiro atoms. The van der Waals surface area contributed by atoms with Crippen LogP contribution in [0.5, 0.6) is 0 Å². The van der Waals surface area contributed by atoms with Crippen LogP contribution in [0.1, 0.15) is 39.4 Å². The number of halogens is 1. The Kier molecular flexibility index (Phi) is 6.17. The van der Waals surface area contributed by atoms with Gasteiger partial charge in [-0.2, -0.15) is 0 Å². The van der Waals surface area contributed by atoms with E-state index in [0.717, 1.165) is 28.3 Å². The van der Waals surface area contributed by atoms with E-state index in [4.69, 9.17) is 5.73 Å². The summed E-state index contributed by atoms with van der Waals surface area (Å²) in [5.74, 6) is 0.115. The summed E-state index contributed by atoms with van der Waals surface area (Å²) >= 11 is 1.62. The zero-order chi connectivity index (χ0) is 14.0. The molecule has 1 aromatic heterocycles. The summed E-state index contributed by atoms with van der Waals surface area (Å²) in [6.45, 7) is 5.30. The molecule has 2 heterocycles. The maximum absolute atomic E-state index is 12.1. The van der Waals surface area contributed by atoms with Gasteiger partial charge in [-0.25, -0.2) is 0 Å². The number of aryl methyl sites for hydroxylation is 2. The van der Waals surface area contributed by atoms with E-state index in [1.54, 1.807) is 16.2 Å². The fourth-order valence-corrected chi connectivity index (χ4v) is 3.38. The van der Waals surface area contributed by atoms with Crippen molar-refractivity contribution in [2.75, 3.05) is 13.1 Å². The number of nitrogens with zero attached hydrogens (tertiary/aromatic N) is 1. The summed E-state index contributed by atoms with van der Waals surface area (Å²) < 4.78 is 0. The Bertz CT molecular complexity index is 501. The number of carbonyl (C=O) groups is 2. The third-order valence-corrected chi connectivity index (χ3v) is 4.45. The number of carbonyl (C=O) groups excluding carboxylic acids is 2. The second-order valence-electron chi connectivity index (χ2n) is 5.14. The molecule has 112 valence electrons. The fourth-order valence-electron chi connectivity index (χ4n) is 2.43. The topological polar surface area (TPSA) is 63.4 Å². The minimum Gasteiger partial charge on any atom is -0.341 e. The number of Topliss-reactive ketones (excluding diaryl/α,β-unsaturated/α-hetero) is 1. The summed E-state index contributed by atoms with van der Waals surface area (Å²) in [4.78, 5) is 28.0. The molecule has 1 aliphatic heterocycles. The number of rotatable bonds is 4. The van der Waals surface area contributed by atoms with E-state index in [-0.39, 0.29) is 30.1 Å². The van der Waals surface area contributed by atoms with Crippen molar-refractivity contribution in [1.82, 2.24) is 4.90 Å². The summed E-state index contributed by atoms with van der Waals surface area (Å²) in [5, 5.41) is 0. The van der Waals surface area contributed by atoms with Crippen molar-refractivity contribution in [2.24, 2.45) is 5.73 Å². The van der Waals surface area contributed by atoms with E-state index in [9.17, 15) is 9.59 Å². The smallest absolute Gasteiger partial charge is 0.223 e. The van der Waals surface area contributed by atoms with Gasteiger partial charge in [0.15, 0.2) is 5.78 Å². The Hall–Kier alpha value is -0.910. The third-order valence-electron chi connectivity index (χ3n) is 3.48. The Morgan fingerprint density at radius 1 is 1.40 bits per heavy atom. The first-order chi connectivity index (χ1) is 8.97. The van der Waals surface area contributed by atoms with Crippen LogP contribution in [0.2, 0.25) is 0 Å². The van der Waals surface area contributed by atoms with Gasteiger partial charge in [0.05, 0.1) is 0 Å². The van der Waals surface area contributed by atoms with Crippen molar-refractivity contribution >= 4 is 35.4 Å². The molecule has 4 nitrogen and oxygen atoms in total. The van der Waals surface area contributed by atoms with Crippen LogP contribution in [0.3, 0.4) is 0 Å². The molecule has 2 rings (SSSR count). The molecular formula is C14H21ClN2O2S. The molecule has 0 aromatic carbocycles. The van der Waals surface area contributed by atoms with E-state index in [0.29, 0.717) is 19.4 Å². The highest BCUT2D eigenvalue weighted by Crippen LogP contribution is 2.22. The predicted molar refractivity (Wildman–Crippen MR) is 83.8 cm³/mol. The van der Waals surface area contributed by atoms with Crippen LogP contribution in [-0.2, 0) is 4.79 Å². The Morgan fingerprint density at radius 2 is 2.10 bits per heavy atom. The zero-order valence-corrected chi connectivity index (χ0v) is 13.5. The first-order valence-corrected chi connectivity index (χ1v) is 7.42. The molecular weight excluding hydrogens is 296 g/mol. The van der Waals surface area contributed by atoms with Crippen molar-refractivity contribution in [1.29, 1.82) is 0 Å². The number of amides is 1. The normalized spacial score (nSPS) is 17.9. The van der Waals surface area contributed by atoms with Crippen molar-refractivity contribution in [3.63, 3.8) is 0 Å². The first-order valence-electron chi connectivity index (χ1n) is 6.61. The largest absolute Gasteiger partial charge is 0.341 e. The molecule has 1 atom stereocenters. The quantitative estimate of drug-likeness (QED) is 0.867. The van der Waals surface area contributed by atoms with E-state index < -0.39 is 0 Å². The third kappa shape index (κ3) is 4.04. The Balaban J connectivity index is 0.00000200. The van der Waals surface area contributed by atoms with Crippen LogP contribution in [-0.4, -0.2) is 35.7 Å². The lowest BCUT2D eigenvalue weighted by molar-refractivity contribution is -0.130. The monoisotopic (exact) mass is 316 g/mol. The zero-order valence-electron chi connectivity index (χ0n) is 11.8. The second-order valence-corrected chi connectivity index (χ2v) is 6.60. The van der Waals surface area contributed by atoms with Gasteiger partial charge in [0.25, 0.3) is 0 Å². The van der Waals surface area contributed by atoms with Crippen LogP contribution in [0.4, 0.5) is 0 Å². The molecule has 20 heavy (non-hydrogen) atoms. The minimum atomic E-state index is 0. The van der Waals surface area contributed by atoms with Crippen molar-refractivity contribution < 1.29 is 9.59 Å². The van der Waals surface area contributed by atoms with Gasteiger partial charge < -0.3 is 10.6 Å². The maximum Gasteiger partial charge on any atom is 0.223 e. The molecule has 1 amide bonds. The molecule has 1 aliphatic rings. The van der Waals surface area contributed by atoms with Crippen LogP contribution in [0, 0.1) is 13.8 Å². The van der Waals surface area contributed by atoms with Gasteiger partial charge in [-0.05, 0) is 26.3 Å². The summed E-state index contributed by atoms with van der Waals surface area (Å²) in [5.41, 5.74) is 6.54. The second kappa shape index (κ2) is 7.20. The molecule has 6 heteroatoms. The van der Waals surface area contributed by atoms with Gasteiger partial charge in [-0.1, -0.05) is 0 Å². The van der Waals surface area contributed by atoms with Crippen LogP contribution in [0.15, 0.2) is 6.07 Å². The molecule has 2 N–H and O–H groups in total. The molecule has 0 bridgehead atoms. The van der Waals surface area contributed by atoms with Crippen molar-refractivity contribution in [3.05, 3.63) is 21.4 Å². The van der Waals surface area contributed by atoms with E-state index in [1.807, 2.05) is 19.9 Å². The average Bonchev–Trinajstić information content (AvgIpc) is 2.92. The Morgan fingerprint density at radius 3 is 2.60 bits per heavy atom. The first kappa shape index (κ1) is 17.1. The van der Waals surface area contributed by atoms with Crippen LogP contribution in [0.25, 0.3) is 0 Å². The minimum absolute atomic E-state index is 0. The number of nitrogens with two attached hydrogens (primary N) is 1. The Labute approximate surface area is 129 Å². The number of likely N-dealkylation sites (tertiary alicyclic amines) is 1. The van der Waals surface area contributed by atoms with Gasteiger partial charge in [0.1, 0.15) is 0 Å². The lowest BCUT2D eigenvalue weighted by Crippen LogP contribution is -2.32. The number of thiophene rings is 1. The summed E-state index contributed by atoms with van der Waals surface area (Å²) in [7, 11) is 0. The number of hydrogen-bond donors (Lipinski definition) is 1. The predicted octanol–water partition coefficient (Wildman–Crippen LogP) is 2.31. The number of ketones is 1. The molecule has 0 unspecified atom stereocenters. The number of hydrogen-bond acceptors (Lipinski definition) is 4. The molecule has 0 saturated carbocycles. The molecule has 1 saturated heterocycles. The summed E-state index contributed by atoms with van der Waals surface area (Å²) in [6.07, 6.45) is 1.45. The van der Waals surface area contributed by atoms with Gasteiger partial charge in [0.2, 0.25) is 5.91 Å². The van der Waals surface area contributed by atoms with E-state index >= 15 is 0 Å². The van der Waals surface area contributed by atoms with Crippen molar-refractivity contribution in [2.45, 2.75) is 39.2 Å². The van der Waals surface area contributed by atoms with Gasteiger partial charge in [-0.15, -0.1) is 23.7 Å². The van der Waals surface area contributed by atoms with Gasteiger partial charge in [-0.3, -0.25) is 9.59 Å². The van der Waals surface area contributed by atoms with Crippen LogP contribution >= 0.6 is 23.7 Å². The lowest BCUT2D eigenvalue weighted by Gasteiger charge is -2.15. The van der Waals surface area contributed by atoms with Gasteiger partial charge in [0, 0.05) is 47.3 Å². The highest BCUT2D eigenvalue weighted by molar-refractivity contribution is 7.12. The average molecular weight is 317 g/mol. The maximum atomic E-state index is 12.1. The SMILES string of the molecule is Cc1cc(C(=O)CCC(=O)N2CC[C@@H](N)C2)c(C)s1.Cl. The van der Waals surface area contributed by atoms with Crippen LogP contribution < -0.4 is 5.73 Å². The highest BCUT2D eigenvalue weighted by atomic mass is 35.5.